The second-order valence-electron chi connectivity index (χ2n) is 12.7. The van der Waals surface area contributed by atoms with E-state index < -0.39 is 0 Å². The molecule has 0 radical (unpaired) electrons. The Bertz CT molecular complexity index is 1130. The highest BCUT2D eigenvalue weighted by Gasteiger charge is 2.28. The first-order valence-corrected chi connectivity index (χ1v) is 16.7. The van der Waals surface area contributed by atoms with Gasteiger partial charge in [0.15, 0.2) is 0 Å². The van der Waals surface area contributed by atoms with Crippen LogP contribution in [0.15, 0.2) is 60.2 Å². The first-order valence-electron chi connectivity index (χ1n) is 16.7. The predicted octanol–water partition coefficient (Wildman–Crippen LogP) is 9.85. The van der Waals surface area contributed by atoms with Crippen molar-refractivity contribution in [3.05, 3.63) is 76.9 Å². The molecule has 2 aromatic carbocycles. The Balaban J connectivity index is 1.40. The molecule has 4 rings (SSSR count). The zero-order chi connectivity index (χ0) is 29.7. The molecule has 3 atom stereocenters. The van der Waals surface area contributed by atoms with E-state index in [-0.39, 0.29) is 24.1 Å². The van der Waals surface area contributed by atoms with Crippen LogP contribution in [-0.4, -0.2) is 31.9 Å². The summed E-state index contributed by atoms with van der Waals surface area (Å²) in [6, 6.07) is 17.9. The van der Waals surface area contributed by atoms with Crippen LogP contribution in [0.4, 0.5) is 0 Å². The highest BCUT2D eigenvalue weighted by atomic mass is 16.5. The molecule has 4 nitrogen and oxygen atoms in total. The van der Waals surface area contributed by atoms with Crippen molar-refractivity contribution in [2.75, 3.05) is 13.7 Å². The number of esters is 1. The number of allylic oxidation sites excluding steroid dienone is 1. The van der Waals surface area contributed by atoms with Crippen molar-refractivity contribution in [2.45, 2.75) is 128 Å². The molecule has 230 valence electrons. The minimum Gasteiger partial charge on any atom is -0.490 e. The van der Waals surface area contributed by atoms with Crippen molar-refractivity contribution in [1.29, 1.82) is 0 Å². The normalized spacial score (nSPS) is 25.9. The van der Waals surface area contributed by atoms with E-state index in [4.69, 9.17) is 14.2 Å². The summed E-state index contributed by atoms with van der Waals surface area (Å²) < 4.78 is 18.5. The Labute approximate surface area is 255 Å². The van der Waals surface area contributed by atoms with Gasteiger partial charge in [-0.25, -0.2) is 4.79 Å². The summed E-state index contributed by atoms with van der Waals surface area (Å²) in [6.07, 6.45) is 16.2. The van der Waals surface area contributed by atoms with Gasteiger partial charge >= 0.3 is 5.97 Å². The van der Waals surface area contributed by atoms with E-state index in [1.54, 1.807) is 7.11 Å². The monoisotopic (exact) mass is 574 g/mol. The molecule has 2 fully saturated rings. The molecule has 2 aromatic rings. The fraction of sp³-hybridized carbons (Fsp3) is 0.605. The van der Waals surface area contributed by atoms with Crippen LogP contribution < -0.4 is 4.74 Å². The molecule has 2 aliphatic rings. The van der Waals surface area contributed by atoms with Crippen molar-refractivity contribution < 1.29 is 19.0 Å². The van der Waals surface area contributed by atoms with Gasteiger partial charge in [0.05, 0.1) is 18.8 Å². The number of aryl methyl sites for hydroxylation is 1. The van der Waals surface area contributed by atoms with Crippen LogP contribution in [0.3, 0.4) is 0 Å². The molecule has 3 unspecified atom stereocenters. The molecule has 2 aliphatic carbocycles. The standard InChI is InChI=1S/C38H54O4/c1-5-13-30(6-2)38(39)41-27-29-25-34(40-4)20-12-21-35(26-29)42-37-23-8-7-22-36(37)32-17-10-15-31(16-11-18-32)33-19-9-14-28(3)24-33/h7-9,13-14,19,22-24,29,31-32,34-35H,5-6,10-12,15-18,20-21,25-27H2,1-4H3. The molecule has 0 amide bonds. The fourth-order valence-electron chi connectivity index (χ4n) is 7.19. The Kier molecular flexibility index (Phi) is 13.0. The molecule has 0 bridgehead atoms. The zero-order valence-corrected chi connectivity index (χ0v) is 26.6. The molecule has 0 aliphatic heterocycles. The molecular formula is C38H54O4. The van der Waals surface area contributed by atoms with Crippen LogP contribution in [0, 0.1) is 12.8 Å². The third kappa shape index (κ3) is 9.46. The second-order valence-corrected chi connectivity index (χ2v) is 12.7. The maximum atomic E-state index is 12.7. The molecule has 0 heterocycles. The van der Waals surface area contributed by atoms with E-state index in [0.29, 0.717) is 24.9 Å². The van der Waals surface area contributed by atoms with Gasteiger partial charge < -0.3 is 14.2 Å². The molecule has 0 N–H and O–H groups in total. The number of rotatable bonds is 10. The van der Waals surface area contributed by atoms with E-state index in [0.717, 1.165) is 49.8 Å². The fourth-order valence-corrected chi connectivity index (χ4v) is 7.19. The van der Waals surface area contributed by atoms with Crippen LogP contribution in [0.2, 0.25) is 0 Å². The van der Waals surface area contributed by atoms with E-state index in [9.17, 15) is 4.79 Å². The molecule has 0 saturated heterocycles. The average molecular weight is 575 g/mol. The smallest absolute Gasteiger partial charge is 0.333 e. The lowest BCUT2D eigenvalue weighted by Crippen LogP contribution is -2.30. The van der Waals surface area contributed by atoms with Gasteiger partial charge in [-0.2, -0.15) is 0 Å². The van der Waals surface area contributed by atoms with E-state index in [1.165, 1.54) is 55.2 Å². The highest BCUT2D eigenvalue weighted by molar-refractivity contribution is 5.88. The lowest BCUT2D eigenvalue weighted by Gasteiger charge is -2.32. The minimum absolute atomic E-state index is 0.115. The van der Waals surface area contributed by atoms with Crippen molar-refractivity contribution in [1.82, 2.24) is 0 Å². The van der Waals surface area contributed by atoms with Crippen LogP contribution in [0.5, 0.6) is 5.75 Å². The topological polar surface area (TPSA) is 44.8 Å². The van der Waals surface area contributed by atoms with Gasteiger partial charge in [-0.15, -0.1) is 0 Å². The number of para-hydroxylation sites is 1. The summed E-state index contributed by atoms with van der Waals surface area (Å²) in [4.78, 5) is 12.7. The van der Waals surface area contributed by atoms with E-state index >= 15 is 0 Å². The molecule has 0 spiro atoms. The first kappa shape index (κ1) is 32.3. The van der Waals surface area contributed by atoms with Crippen molar-refractivity contribution >= 4 is 5.97 Å². The number of carbonyl (C=O) groups excluding carboxylic acids is 1. The summed E-state index contributed by atoms with van der Waals surface area (Å²) in [5.74, 6) is 2.32. The van der Waals surface area contributed by atoms with Gasteiger partial charge in [-0.1, -0.05) is 80.8 Å². The summed E-state index contributed by atoms with van der Waals surface area (Å²) in [5.41, 5.74) is 5.04. The summed E-state index contributed by atoms with van der Waals surface area (Å²) in [7, 11) is 1.80. The number of benzene rings is 2. The predicted molar refractivity (Wildman–Crippen MR) is 172 cm³/mol. The van der Waals surface area contributed by atoms with Crippen LogP contribution in [0.1, 0.15) is 126 Å². The number of hydrogen-bond acceptors (Lipinski definition) is 4. The number of carbonyl (C=O) groups is 1. The van der Waals surface area contributed by atoms with E-state index in [1.807, 2.05) is 13.0 Å². The lowest BCUT2D eigenvalue weighted by atomic mass is 9.80. The quantitative estimate of drug-likeness (QED) is 0.209. The van der Waals surface area contributed by atoms with Crippen molar-refractivity contribution in [3.63, 3.8) is 0 Å². The molecule has 4 heteroatoms. The Morgan fingerprint density at radius 1 is 0.857 bits per heavy atom. The largest absolute Gasteiger partial charge is 0.490 e. The molecule has 0 aromatic heterocycles. The number of hydrogen-bond donors (Lipinski definition) is 0. The SMILES string of the molecule is CCC=C(CC)C(=O)OCC1CC(OC)CCCC(Oc2ccccc2C2CCCC(c3cccc(C)c3)CCC2)C1. The Morgan fingerprint density at radius 3 is 2.26 bits per heavy atom. The molecule has 2 saturated carbocycles. The lowest BCUT2D eigenvalue weighted by molar-refractivity contribution is -0.141. The zero-order valence-electron chi connectivity index (χ0n) is 26.6. The summed E-state index contributed by atoms with van der Waals surface area (Å²) in [5, 5.41) is 0. The van der Waals surface area contributed by atoms with Crippen LogP contribution >= 0.6 is 0 Å². The summed E-state index contributed by atoms with van der Waals surface area (Å²) in [6.45, 7) is 6.69. The van der Waals surface area contributed by atoms with E-state index in [2.05, 4.69) is 62.4 Å². The molecule has 42 heavy (non-hydrogen) atoms. The minimum atomic E-state index is -0.174. The van der Waals surface area contributed by atoms with Gasteiger partial charge in [0, 0.05) is 12.7 Å². The van der Waals surface area contributed by atoms with Gasteiger partial charge in [0.25, 0.3) is 0 Å². The summed E-state index contributed by atoms with van der Waals surface area (Å²) >= 11 is 0. The maximum Gasteiger partial charge on any atom is 0.333 e. The van der Waals surface area contributed by atoms with Gasteiger partial charge in [0.2, 0.25) is 0 Å². The Hall–Kier alpha value is -2.59. The first-order chi connectivity index (χ1) is 20.5. The third-order valence-corrected chi connectivity index (χ3v) is 9.50. The third-order valence-electron chi connectivity index (χ3n) is 9.50. The van der Waals surface area contributed by atoms with Crippen molar-refractivity contribution in [3.8, 4) is 5.75 Å². The highest BCUT2D eigenvalue weighted by Crippen LogP contribution is 2.40. The second kappa shape index (κ2) is 16.9. The number of ether oxygens (including phenoxy) is 3. The maximum absolute atomic E-state index is 12.7. The van der Waals surface area contributed by atoms with Gasteiger partial charge in [-0.3, -0.25) is 0 Å². The van der Waals surface area contributed by atoms with Crippen LogP contribution in [-0.2, 0) is 14.3 Å². The van der Waals surface area contributed by atoms with Crippen molar-refractivity contribution in [2.24, 2.45) is 5.92 Å². The van der Waals surface area contributed by atoms with Crippen LogP contribution in [0.25, 0.3) is 0 Å². The van der Waals surface area contributed by atoms with Gasteiger partial charge in [-0.05, 0) is 112 Å². The molecular weight excluding hydrogens is 520 g/mol. The van der Waals surface area contributed by atoms with Gasteiger partial charge in [0.1, 0.15) is 5.75 Å². The average Bonchev–Trinajstić information content (AvgIpc) is 2.96. The Morgan fingerprint density at radius 2 is 1.55 bits per heavy atom. The number of methoxy groups -OCH3 is 1.